The van der Waals surface area contributed by atoms with Gasteiger partial charge in [0, 0.05) is 24.5 Å². The van der Waals surface area contributed by atoms with Crippen molar-refractivity contribution in [1.82, 2.24) is 0 Å². The van der Waals surface area contributed by atoms with Gasteiger partial charge in [0.1, 0.15) is 6.73 Å². The highest BCUT2D eigenvalue weighted by Gasteiger charge is 2.18. The Morgan fingerprint density at radius 2 is 1.70 bits per heavy atom. The first-order valence-corrected chi connectivity index (χ1v) is 6.96. The lowest BCUT2D eigenvalue weighted by atomic mass is 10.1. The molecular formula is C14H18N4O2. The van der Waals surface area contributed by atoms with Gasteiger partial charge in [0.15, 0.2) is 6.73 Å². The van der Waals surface area contributed by atoms with Crippen molar-refractivity contribution in [1.29, 1.82) is 0 Å². The summed E-state index contributed by atoms with van der Waals surface area (Å²) >= 11 is 0. The molecule has 1 aromatic carbocycles. The van der Waals surface area contributed by atoms with Gasteiger partial charge in [-0.3, -0.25) is 4.90 Å². The maximum atomic E-state index is 11.8. The number of anilines is 2. The van der Waals surface area contributed by atoms with E-state index in [9.17, 15) is 4.79 Å². The molecule has 0 unspecified atom stereocenters. The van der Waals surface area contributed by atoms with Crippen molar-refractivity contribution < 1.29 is 9.53 Å². The molecule has 20 heavy (non-hydrogen) atoms. The molecule has 2 amide bonds. The Balaban J connectivity index is 1.74. The number of rotatable bonds is 2. The Hall–Kier alpha value is -1.95. The Morgan fingerprint density at radius 3 is 2.45 bits per heavy atom. The van der Waals surface area contributed by atoms with E-state index in [0.29, 0.717) is 0 Å². The number of carbonyl (C=O) groups is 1. The standard InChI is InChI=1S/C14H18N4O2/c19-14-16-15-10-20-11-18(14)13-6-4-12(5-7-13)17-8-2-1-3-9-17/h4-7H,1-3,8-11H2. The van der Waals surface area contributed by atoms with Gasteiger partial charge in [-0.25, -0.2) is 4.79 Å². The maximum absolute atomic E-state index is 11.8. The zero-order valence-electron chi connectivity index (χ0n) is 11.4. The largest absolute Gasteiger partial charge is 0.372 e. The molecule has 1 aromatic rings. The normalized spacial score (nSPS) is 20.1. The van der Waals surface area contributed by atoms with Crippen LogP contribution in [0.5, 0.6) is 0 Å². The molecule has 1 fully saturated rings. The second-order valence-electron chi connectivity index (χ2n) is 4.98. The molecule has 0 saturated carbocycles. The molecule has 0 aromatic heterocycles. The van der Waals surface area contributed by atoms with Crippen LogP contribution < -0.4 is 9.80 Å². The maximum Gasteiger partial charge on any atom is 0.368 e. The van der Waals surface area contributed by atoms with Gasteiger partial charge in [-0.05, 0) is 43.5 Å². The number of azo groups is 1. The minimum Gasteiger partial charge on any atom is -0.372 e. The number of urea groups is 1. The van der Waals surface area contributed by atoms with E-state index in [1.165, 1.54) is 29.8 Å². The van der Waals surface area contributed by atoms with E-state index in [-0.39, 0.29) is 19.5 Å². The molecule has 0 aliphatic carbocycles. The van der Waals surface area contributed by atoms with Crippen molar-refractivity contribution in [3.05, 3.63) is 24.3 Å². The highest BCUT2D eigenvalue weighted by molar-refractivity contribution is 5.92. The Labute approximate surface area is 118 Å². The zero-order valence-corrected chi connectivity index (χ0v) is 11.4. The molecule has 0 spiro atoms. The van der Waals surface area contributed by atoms with Crippen molar-refractivity contribution in [2.45, 2.75) is 19.3 Å². The Morgan fingerprint density at radius 1 is 1.00 bits per heavy atom. The van der Waals surface area contributed by atoms with Crippen LogP contribution >= 0.6 is 0 Å². The summed E-state index contributed by atoms with van der Waals surface area (Å²) < 4.78 is 5.21. The van der Waals surface area contributed by atoms with Gasteiger partial charge in [0.25, 0.3) is 0 Å². The van der Waals surface area contributed by atoms with Gasteiger partial charge in [0.05, 0.1) is 0 Å². The summed E-state index contributed by atoms with van der Waals surface area (Å²) in [4.78, 5) is 15.6. The fraction of sp³-hybridized carbons (Fsp3) is 0.500. The van der Waals surface area contributed by atoms with Crippen LogP contribution in [0.1, 0.15) is 19.3 Å². The van der Waals surface area contributed by atoms with E-state index in [0.717, 1.165) is 18.8 Å². The SMILES string of the molecule is O=C1N=NCOCN1c1ccc(N2CCCCC2)cc1. The zero-order chi connectivity index (χ0) is 13.8. The van der Waals surface area contributed by atoms with Crippen LogP contribution in [0.15, 0.2) is 34.5 Å². The fourth-order valence-electron chi connectivity index (χ4n) is 2.55. The fourth-order valence-corrected chi connectivity index (χ4v) is 2.55. The van der Waals surface area contributed by atoms with Crippen LogP contribution in [0.25, 0.3) is 0 Å². The number of piperidine rings is 1. The van der Waals surface area contributed by atoms with Crippen LogP contribution in [0.3, 0.4) is 0 Å². The summed E-state index contributed by atoms with van der Waals surface area (Å²) in [7, 11) is 0. The average molecular weight is 274 g/mol. The predicted molar refractivity (Wildman–Crippen MR) is 76.1 cm³/mol. The Bertz CT molecular complexity index is 494. The molecule has 0 N–H and O–H groups in total. The van der Waals surface area contributed by atoms with Crippen LogP contribution in [0.4, 0.5) is 16.2 Å². The summed E-state index contributed by atoms with van der Waals surface area (Å²) in [5.74, 6) is 0. The van der Waals surface area contributed by atoms with E-state index < -0.39 is 0 Å². The van der Waals surface area contributed by atoms with Crippen molar-refractivity contribution in [3.8, 4) is 0 Å². The average Bonchev–Trinajstić information content (AvgIpc) is 2.73. The summed E-state index contributed by atoms with van der Waals surface area (Å²) in [6.07, 6.45) is 3.82. The van der Waals surface area contributed by atoms with Crippen molar-refractivity contribution in [3.63, 3.8) is 0 Å². The van der Waals surface area contributed by atoms with Crippen LogP contribution in [-0.2, 0) is 4.74 Å². The van der Waals surface area contributed by atoms with Crippen LogP contribution in [0, 0.1) is 0 Å². The van der Waals surface area contributed by atoms with Gasteiger partial charge < -0.3 is 9.64 Å². The minimum atomic E-state index is -0.381. The molecule has 0 bridgehead atoms. The molecular weight excluding hydrogens is 256 g/mol. The topological polar surface area (TPSA) is 57.5 Å². The summed E-state index contributed by atoms with van der Waals surface area (Å²) in [5, 5.41) is 7.19. The summed E-state index contributed by atoms with van der Waals surface area (Å²) in [5.41, 5.74) is 2.00. The highest BCUT2D eigenvalue weighted by atomic mass is 16.5. The van der Waals surface area contributed by atoms with E-state index in [1.807, 2.05) is 12.1 Å². The van der Waals surface area contributed by atoms with Crippen molar-refractivity contribution in [2.24, 2.45) is 10.2 Å². The van der Waals surface area contributed by atoms with E-state index in [4.69, 9.17) is 4.74 Å². The first kappa shape index (κ1) is 13.1. The monoisotopic (exact) mass is 274 g/mol. The number of amides is 2. The molecule has 1 saturated heterocycles. The molecule has 6 nitrogen and oxygen atoms in total. The third-order valence-corrected chi connectivity index (χ3v) is 3.64. The van der Waals surface area contributed by atoms with Crippen molar-refractivity contribution >= 4 is 17.4 Å². The predicted octanol–water partition coefficient (Wildman–Crippen LogP) is 3.00. The summed E-state index contributed by atoms with van der Waals surface area (Å²) in [6.45, 7) is 2.54. The van der Waals surface area contributed by atoms with Crippen LogP contribution in [0.2, 0.25) is 0 Å². The minimum absolute atomic E-state index is 0.133. The quantitative estimate of drug-likeness (QED) is 0.833. The molecule has 3 rings (SSSR count). The van der Waals surface area contributed by atoms with Crippen LogP contribution in [-0.4, -0.2) is 32.6 Å². The molecule has 6 heteroatoms. The van der Waals surface area contributed by atoms with Gasteiger partial charge in [-0.15, -0.1) is 0 Å². The van der Waals surface area contributed by atoms with E-state index >= 15 is 0 Å². The van der Waals surface area contributed by atoms with Gasteiger partial charge in [-0.1, -0.05) is 5.11 Å². The number of benzene rings is 1. The number of hydrogen-bond acceptors (Lipinski definition) is 4. The van der Waals surface area contributed by atoms with Crippen molar-refractivity contribution in [2.75, 3.05) is 36.4 Å². The molecule has 2 heterocycles. The smallest absolute Gasteiger partial charge is 0.368 e. The number of hydrogen-bond donors (Lipinski definition) is 0. The van der Waals surface area contributed by atoms with Gasteiger partial charge in [-0.2, -0.15) is 5.11 Å². The lowest BCUT2D eigenvalue weighted by molar-refractivity contribution is 0.148. The first-order valence-electron chi connectivity index (χ1n) is 6.96. The molecule has 0 radical (unpaired) electrons. The third kappa shape index (κ3) is 2.80. The molecule has 106 valence electrons. The lowest BCUT2D eigenvalue weighted by Crippen LogP contribution is -2.30. The lowest BCUT2D eigenvalue weighted by Gasteiger charge is -2.29. The molecule has 0 atom stereocenters. The molecule has 2 aliphatic heterocycles. The number of ether oxygens (including phenoxy) is 1. The molecule has 2 aliphatic rings. The third-order valence-electron chi connectivity index (χ3n) is 3.64. The number of nitrogens with zero attached hydrogens (tertiary/aromatic N) is 4. The number of carbonyl (C=O) groups excluding carboxylic acids is 1. The van der Waals surface area contributed by atoms with E-state index in [1.54, 1.807) is 0 Å². The second kappa shape index (κ2) is 6.00. The van der Waals surface area contributed by atoms with E-state index in [2.05, 4.69) is 27.3 Å². The van der Waals surface area contributed by atoms with Gasteiger partial charge in [0.2, 0.25) is 0 Å². The highest BCUT2D eigenvalue weighted by Crippen LogP contribution is 2.24. The summed E-state index contributed by atoms with van der Waals surface area (Å²) in [6, 6.07) is 7.59. The Kier molecular flexibility index (Phi) is 3.92. The van der Waals surface area contributed by atoms with Gasteiger partial charge >= 0.3 is 6.03 Å². The second-order valence-corrected chi connectivity index (χ2v) is 4.98. The first-order chi connectivity index (χ1) is 9.84.